The highest BCUT2D eigenvalue weighted by atomic mass is 19.4. The maximum absolute atomic E-state index is 12.9. The normalized spacial score (nSPS) is 21.6. The van der Waals surface area contributed by atoms with Crippen molar-refractivity contribution >= 4 is 11.9 Å². The quantitative estimate of drug-likeness (QED) is 0.711. The largest absolute Gasteiger partial charge is 0.462 e. The van der Waals surface area contributed by atoms with E-state index in [9.17, 15) is 18.0 Å². The lowest BCUT2D eigenvalue weighted by atomic mass is 10.1. The van der Waals surface area contributed by atoms with Gasteiger partial charge in [-0.25, -0.2) is 14.8 Å². The fraction of sp³-hybridized carbons (Fsp3) is 0.450. The summed E-state index contributed by atoms with van der Waals surface area (Å²) in [7, 11) is 0. The highest BCUT2D eigenvalue weighted by molar-refractivity contribution is 5.88. The smallest absolute Gasteiger partial charge is 0.416 e. The molecule has 29 heavy (non-hydrogen) atoms. The molecule has 2 aliphatic heterocycles. The van der Waals surface area contributed by atoms with Gasteiger partial charge in [-0.15, -0.1) is 0 Å². The first-order chi connectivity index (χ1) is 13.8. The molecular weight excluding hydrogens is 385 g/mol. The van der Waals surface area contributed by atoms with Crippen molar-refractivity contribution in [2.45, 2.75) is 38.1 Å². The second kappa shape index (κ2) is 7.62. The molecule has 1 aromatic heterocycles. The minimum absolute atomic E-state index is 0.208. The van der Waals surface area contributed by atoms with E-state index in [1.807, 2.05) is 0 Å². The molecule has 2 saturated heterocycles. The van der Waals surface area contributed by atoms with Crippen molar-refractivity contribution < 1.29 is 22.7 Å². The van der Waals surface area contributed by atoms with Crippen LogP contribution in [0, 0.1) is 0 Å². The third-order valence-corrected chi connectivity index (χ3v) is 5.40. The predicted octanol–water partition coefficient (Wildman–Crippen LogP) is 3.14. The first-order valence-corrected chi connectivity index (χ1v) is 9.51. The van der Waals surface area contributed by atoms with E-state index < -0.39 is 17.7 Å². The summed E-state index contributed by atoms with van der Waals surface area (Å²) >= 11 is 0. The SMILES string of the molecule is CCOC(=O)c1cnc(N2C[C@@H]3C[C@H]2CN3Cc2cccc(C(F)(F)F)c2)nc1. The predicted molar refractivity (Wildman–Crippen MR) is 99.4 cm³/mol. The number of hydrogen-bond acceptors (Lipinski definition) is 6. The van der Waals surface area contributed by atoms with Gasteiger partial charge in [0, 0.05) is 44.1 Å². The zero-order valence-corrected chi connectivity index (χ0v) is 15.9. The topological polar surface area (TPSA) is 58.6 Å². The molecule has 2 fully saturated rings. The molecular formula is C20H21F3N4O2. The van der Waals surface area contributed by atoms with Gasteiger partial charge >= 0.3 is 12.1 Å². The summed E-state index contributed by atoms with van der Waals surface area (Å²) in [5.74, 6) is 0.110. The number of aromatic nitrogens is 2. The molecule has 0 unspecified atom stereocenters. The van der Waals surface area contributed by atoms with Crippen molar-refractivity contribution in [1.29, 1.82) is 0 Å². The number of nitrogens with zero attached hydrogens (tertiary/aromatic N) is 4. The molecule has 0 N–H and O–H groups in total. The van der Waals surface area contributed by atoms with E-state index in [0.29, 0.717) is 30.2 Å². The van der Waals surface area contributed by atoms with Crippen molar-refractivity contribution in [3.63, 3.8) is 0 Å². The monoisotopic (exact) mass is 406 g/mol. The first-order valence-electron chi connectivity index (χ1n) is 9.51. The lowest BCUT2D eigenvalue weighted by Crippen LogP contribution is -2.46. The first kappa shape index (κ1) is 19.6. The fourth-order valence-electron chi connectivity index (χ4n) is 4.06. The Morgan fingerprint density at radius 2 is 1.97 bits per heavy atom. The number of carbonyl (C=O) groups excluding carboxylic acids is 1. The Hall–Kier alpha value is -2.68. The zero-order chi connectivity index (χ0) is 20.6. The van der Waals surface area contributed by atoms with Crippen LogP contribution in [0.1, 0.15) is 34.8 Å². The lowest BCUT2D eigenvalue weighted by molar-refractivity contribution is -0.137. The van der Waals surface area contributed by atoms with Crippen LogP contribution in [0.15, 0.2) is 36.7 Å². The van der Waals surface area contributed by atoms with Crippen LogP contribution in [0.4, 0.5) is 19.1 Å². The second-order valence-electron chi connectivity index (χ2n) is 7.32. The standard InChI is InChI=1S/C20H21F3N4O2/c1-2-29-18(28)14-8-24-19(25-9-14)27-12-16-7-17(27)11-26(16)10-13-4-3-5-15(6-13)20(21,22)23/h3-6,8-9,16-17H,2,7,10-12H2,1H3/t16-,17-/m0/s1. The van der Waals surface area contributed by atoms with Crippen LogP contribution in [-0.4, -0.2) is 52.6 Å². The van der Waals surface area contributed by atoms with Crippen LogP contribution >= 0.6 is 0 Å². The maximum Gasteiger partial charge on any atom is 0.416 e. The van der Waals surface area contributed by atoms with Crippen LogP contribution in [0.25, 0.3) is 0 Å². The molecule has 2 bridgehead atoms. The molecule has 0 amide bonds. The summed E-state index contributed by atoms with van der Waals surface area (Å²) in [6.45, 7) is 3.96. The number of piperazine rings is 1. The molecule has 0 spiro atoms. The molecule has 2 aromatic rings. The lowest BCUT2D eigenvalue weighted by Gasteiger charge is -2.34. The van der Waals surface area contributed by atoms with Crippen LogP contribution in [0.2, 0.25) is 0 Å². The van der Waals surface area contributed by atoms with E-state index >= 15 is 0 Å². The molecule has 4 rings (SSSR count). The number of fused-ring (bicyclic) bond motifs is 2. The molecule has 154 valence electrons. The minimum atomic E-state index is -4.33. The number of likely N-dealkylation sites (tertiary alicyclic amines) is 1. The van der Waals surface area contributed by atoms with Gasteiger partial charge in [0.25, 0.3) is 0 Å². The number of carbonyl (C=O) groups is 1. The van der Waals surface area contributed by atoms with Crippen molar-refractivity contribution in [3.8, 4) is 0 Å². The van der Waals surface area contributed by atoms with Crippen LogP contribution in [0.5, 0.6) is 0 Å². The van der Waals surface area contributed by atoms with Gasteiger partial charge in [0.15, 0.2) is 0 Å². The molecule has 9 heteroatoms. The van der Waals surface area contributed by atoms with Crippen molar-refractivity contribution in [2.75, 3.05) is 24.6 Å². The van der Waals surface area contributed by atoms with Gasteiger partial charge in [-0.05, 0) is 25.0 Å². The Morgan fingerprint density at radius 1 is 1.21 bits per heavy atom. The average molecular weight is 406 g/mol. The number of hydrogen-bond donors (Lipinski definition) is 0. The summed E-state index contributed by atoms with van der Waals surface area (Å²) in [6.07, 6.45) is -0.481. The summed E-state index contributed by atoms with van der Waals surface area (Å²) in [5.41, 5.74) is 0.358. The highest BCUT2D eigenvalue weighted by Crippen LogP contribution is 2.35. The van der Waals surface area contributed by atoms with Crippen LogP contribution < -0.4 is 4.90 Å². The van der Waals surface area contributed by atoms with E-state index in [4.69, 9.17) is 4.74 Å². The highest BCUT2D eigenvalue weighted by Gasteiger charge is 2.44. The Balaban J connectivity index is 1.39. The molecule has 0 aliphatic carbocycles. The zero-order valence-electron chi connectivity index (χ0n) is 15.9. The van der Waals surface area contributed by atoms with Gasteiger partial charge in [-0.2, -0.15) is 13.2 Å². The Kier molecular flexibility index (Phi) is 5.16. The van der Waals surface area contributed by atoms with Crippen molar-refractivity contribution in [2.24, 2.45) is 0 Å². The van der Waals surface area contributed by atoms with Gasteiger partial charge < -0.3 is 9.64 Å². The number of rotatable bonds is 5. The Bertz CT molecular complexity index is 888. The molecule has 2 aliphatic rings. The van der Waals surface area contributed by atoms with Gasteiger partial charge in [-0.3, -0.25) is 4.90 Å². The fourth-order valence-corrected chi connectivity index (χ4v) is 4.06. The number of esters is 1. The van der Waals surface area contributed by atoms with Gasteiger partial charge in [0.2, 0.25) is 5.95 Å². The number of benzene rings is 1. The summed E-state index contributed by atoms with van der Waals surface area (Å²) in [6, 6.07) is 5.95. The van der Waals surface area contributed by atoms with Crippen LogP contribution in [-0.2, 0) is 17.5 Å². The summed E-state index contributed by atoms with van der Waals surface area (Å²) < 4.78 is 43.7. The Morgan fingerprint density at radius 3 is 2.59 bits per heavy atom. The van der Waals surface area contributed by atoms with Gasteiger partial charge in [0.1, 0.15) is 0 Å². The second-order valence-corrected chi connectivity index (χ2v) is 7.32. The van der Waals surface area contributed by atoms with E-state index in [0.717, 1.165) is 19.0 Å². The minimum Gasteiger partial charge on any atom is -0.462 e. The van der Waals surface area contributed by atoms with E-state index in [1.165, 1.54) is 24.5 Å². The van der Waals surface area contributed by atoms with Crippen molar-refractivity contribution in [1.82, 2.24) is 14.9 Å². The van der Waals surface area contributed by atoms with Gasteiger partial charge in [0.05, 0.1) is 17.7 Å². The number of halogens is 3. The van der Waals surface area contributed by atoms with Crippen LogP contribution in [0.3, 0.4) is 0 Å². The summed E-state index contributed by atoms with van der Waals surface area (Å²) in [5, 5.41) is 0. The number of alkyl halides is 3. The molecule has 6 nitrogen and oxygen atoms in total. The van der Waals surface area contributed by atoms with E-state index in [1.54, 1.807) is 13.0 Å². The third kappa shape index (κ3) is 4.05. The van der Waals surface area contributed by atoms with E-state index in [-0.39, 0.29) is 18.7 Å². The molecule has 0 radical (unpaired) electrons. The van der Waals surface area contributed by atoms with E-state index in [2.05, 4.69) is 19.8 Å². The molecule has 1 aromatic carbocycles. The third-order valence-electron chi connectivity index (χ3n) is 5.40. The molecule has 0 saturated carbocycles. The summed E-state index contributed by atoms with van der Waals surface area (Å²) in [4.78, 5) is 24.6. The number of ether oxygens (including phenoxy) is 1. The molecule has 3 heterocycles. The Labute approximate surface area is 166 Å². The molecule has 2 atom stereocenters. The number of anilines is 1. The van der Waals surface area contributed by atoms with Gasteiger partial charge in [-0.1, -0.05) is 18.2 Å². The maximum atomic E-state index is 12.9. The average Bonchev–Trinajstić information content (AvgIpc) is 3.28. The van der Waals surface area contributed by atoms with Crippen molar-refractivity contribution in [3.05, 3.63) is 53.3 Å².